The first-order valence-corrected chi connectivity index (χ1v) is 9.62. The Morgan fingerprint density at radius 1 is 1.28 bits per heavy atom. The molecule has 1 atom stereocenters. The monoisotopic (exact) mass is 361 g/mol. The molecule has 3 rings (SSSR count). The molecule has 1 fully saturated rings. The Morgan fingerprint density at radius 3 is 2.68 bits per heavy atom. The van der Waals surface area contributed by atoms with Crippen LogP contribution in [0.1, 0.15) is 28.2 Å². The number of morpholine rings is 1. The SMILES string of the molecule is CCOc1ccc(C(=O)NC[C@H](c2cccs2)[NH+]2CCOCC2)cc1. The van der Waals surface area contributed by atoms with Crippen molar-refractivity contribution in [2.24, 2.45) is 0 Å². The summed E-state index contributed by atoms with van der Waals surface area (Å²) in [6.45, 7) is 6.70. The topological polar surface area (TPSA) is 52.0 Å². The lowest BCUT2D eigenvalue weighted by Crippen LogP contribution is -3.15. The van der Waals surface area contributed by atoms with Gasteiger partial charge in [0.15, 0.2) is 0 Å². The van der Waals surface area contributed by atoms with Crippen LogP contribution in [0.25, 0.3) is 0 Å². The van der Waals surface area contributed by atoms with Crippen LogP contribution in [-0.4, -0.2) is 45.4 Å². The summed E-state index contributed by atoms with van der Waals surface area (Å²) in [4.78, 5) is 15.3. The molecular weight excluding hydrogens is 336 g/mol. The third-order valence-electron chi connectivity index (χ3n) is 4.41. The van der Waals surface area contributed by atoms with E-state index in [0.717, 1.165) is 32.1 Å². The highest BCUT2D eigenvalue weighted by Crippen LogP contribution is 2.17. The molecule has 1 aliphatic heterocycles. The zero-order valence-corrected chi connectivity index (χ0v) is 15.3. The van der Waals surface area contributed by atoms with E-state index in [1.54, 1.807) is 11.3 Å². The number of nitrogens with one attached hydrogen (secondary N) is 2. The number of hydrogen-bond donors (Lipinski definition) is 2. The molecule has 134 valence electrons. The van der Waals surface area contributed by atoms with Gasteiger partial charge in [0.2, 0.25) is 0 Å². The maximum Gasteiger partial charge on any atom is 0.251 e. The van der Waals surface area contributed by atoms with Crippen LogP contribution in [0.5, 0.6) is 5.75 Å². The summed E-state index contributed by atoms with van der Waals surface area (Å²) >= 11 is 1.75. The molecule has 1 aromatic carbocycles. The summed E-state index contributed by atoms with van der Waals surface area (Å²) < 4.78 is 10.9. The van der Waals surface area contributed by atoms with E-state index in [1.165, 1.54) is 9.78 Å². The van der Waals surface area contributed by atoms with Gasteiger partial charge in [-0.1, -0.05) is 6.07 Å². The largest absolute Gasteiger partial charge is 0.494 e. The van der Waals surface area contributed by atoms with E-state index >= 15 is 0 Å². The fraction of sp³-hybridized carbons (Fsp3) is 0.421. The third-order valence-corrected chi connectivity index (χ3v) is 5.39. The molecule has 0 saturated carbocycles. The Morgan fingerprint density at radius 2 is 2.04 bits per heavy atom. The van der Waals surface area contributed by atoms with Crippen molar-refractivity contribution in [2.45, 2.75) is 13.0 Å². The van der Waals surface area contributed by atoms with Crippen LogP contribution in [0.3, 0.4) is 0 Å². The second kappa shape index (κ2) is 8.99. The molecule has 0 bridgehead atoms. The van der Waals surface area contributed by atoms with Gasteiger partial charge in [0.1, 0.15) is 24.9 Å². The van der Waals surface area contributed by atoms with Crippen LogP contribution >= 0.6 is 11.3 Å². The van der Waals surface area contributed by atoms with Crippen LogP contribution in [-0.2, 0) is 4.74 Å². The first-order valence-electron chi connectivity index (χ1n) is 8.74. The molecule has 2 N–H and O–H groups in total. The first kappa shape index (κ1) is 17.9. The Labute approximate surface area is 152 Å². The minimum Gasteiger partial charge on any atom is -0.494 e. The molecule has 6 heteroatoms. The lowest BCUT2D eigenvalue weighted by Gasteiger charge is -2.31. The molecule has 1 aromatic heterocycles. The van der Waals surface area contributed by atoms with Gasteiger partial charge in [0, 0.05) is 5.56 Å². The van der Waals surface area contributed by atoms with Crippen LogP contribution < -0.4 is 15.0 Å². The lowest BCUT2D eigenvalue weighted by molar-refractivity contribution is -0.937. The summed E-state index contributed by atoms with van der Waals surface area (Å²) in [7, 11) is 0. The van der Waals surface area contributed by atoms with Gasteiger partial charge in [-0.25, -0.2) is 0 Å². The molecule has 0 spiro atoms. The second-order valence-corrected chi connectivity index (χ2v) is 6.99. The number of benzene rings is 1. The van der Waals surface area contributed by atoms with Gasteiger partial charge in [-0.05, 0) is 42.6 Å². The number of carbonyl (C=O) groups is 1. The fourth-order valence-electron chi connectivity index (χ4n) is 3.08. The molecule has 0 unspecified atom stereocenters. The number of ether oxygens (including phenoxy) is 2. The van der Waals surface area contributed by atoms with Crippen molar-refractivity contribution in [2.75, 3.05) is 39.5 Å². The normalized spacial score (nSPS) is 16.4. The number of amides is 1. The zero-order chi connectivity index (χ0) is 17.5. The highest BCUT2D eigenvalue weighted by molar-refractivity contribution is 7.10. The van der Waals surface area contributed by atoms with E-state index in [4.69, 9.17) is 9.47 Å². The molecule has 1 amide bonds. The van der Waals surface area contributed by atoms with E-state index in [-0.39, 0.29) is 11.9 Å². The van der Waals surface area contributed by atoms with Crippen LogP contribution in [0.4, 0.5) is 0 Å². The van der Waals surface area contributed by atoms with E-state index in [1.807, 2.05) is 31.2 Å². The Balaban J connectivity index is 1.62. The molecule has 2 heterocycles. The molecule has 5 nitrogen and oxygen atoms in total. The zero-order valence-electron chi connectivity index (χ0n) is 14.5. The summed E-state index contributed by atoms with van der Waals surface area (Å²) in [5.74, 6) is 0.741. The van der Waals surface area contributed by atoms with Crippen molar-refractivity contribution in [1.29, 1.82) is 0 Å². The van der Waals surface area contributed by atoms with E-state index in [9.17, 15) is 4.79 Å². The van der Waals surface area contributed by atoms with Crippen molar-refractivity contribution in [1.82, 2.24) is 5.32 Å². The smallest absolute Gasteiger partial charge is 0.251 e. The quantitative estimate of drug-likeness (QED) is 0.786. The number of hydrogen-bond acceptors (Lipinski definition) is 4. The number of carbonyl (C=O) groups excluding carboxylic acids is 1. The van der Waals surface area contributed by atoms with Gasteiger partial charge in [-0.3, -0.25) is 4.79 Å². The van der Waals surface area contributed by atoms with E-state index in [0.29, 0.717) is 18.7 Å². The Bertz CT molecular complexity index is 652. The van der Waals surface area contributed by atoms with Crippen LogP contribution in [0.2, 0.25) is 0 Å². The summed E-state index contributed by atoms with van der Waals surface area (Å²) in [6.07, 6.45) is 0. The minimum absolute atomic E-state index is 0.0442. The first-order chi connectivity index (χ1) is 12.3. The predicted molar refractivity (Wildman–Crippen MR) is 98.5 cm³/mol. The summed E-state index contributed by atoms with van der Waals surface area (Å²) in [5, 5.41) is 5.20. The lowest BCUT2D eigenvalue weighted by atomic mass is 10.1. The number of quaternary nitrogens is 1. The van der Waals surface area contributed by atoms with Gasteiger partial charge >= 0.3 is 0 Å². The minimum atomic E-state index is -0.0442. The maximum atomic E-state index is 12.5. The molecule has 0 aliphatic carbocycles. The van der Waals surface area contributed by atoms with Crippen molar-refractivity contribution < 1.29 is 19.2 Å². The van der Waals surface area contributed by atoms with Gasteiger partial charge < -0.3 is 19.7 Å². The van der Waals surface area contributed by atoms with Gasteiger partial charge in [0.05, 0.1) is 31.2 Å². The van der Waals surface area contributed by atoms with Gasteiger partial charge in [-0.2, -0.15) is 0 Å². The van der Waals surface area contributed by atoms with Crippen molar-refractivity contribution in [3.63, 3.8) is 0 Å². The van der Waals surface area contributed by atoms with Crippen LogP contribution in [0, 0.1) is 0 Å². The summed E-state index contributed by atoms with van der Waals surface area (Å²) in [5.41, 5.74) is 0.658. The van der Waals surface area contributed by atoms with Gasteiger partial charge in [-0.15, -0.1) is 11.3 Å². The van der Waals surface area contributed by atoms with Crippen LogP contribution in [0.15, 0.2) is 41.8 Å². The molecular formula is C19H25N2O3S+. The maximum absolute atomic E-state index is 12.5. The van der Waals surface area contributed by atoms with Crippen molar-refractivity contribution in [3.8, 4) is 5.75 Å². The Hall–Kier alpha value is -1.89. The number of rotatable bonds is 7. The van der Waals surface area contributed by atoms with E-state index in [2.05, 4.69) is 22.8 Å². The number of thiophene rings is 1. The molecule has 0 radical (unpaired) electrons. The Kier molecular flexibility index (Phi) is 6.44. The molecule has 1 aliphatic rings. The summed E-state index contributed by atoms with van der Waals surface area (Å²) in [6, 6.07) is 11.8. The van der Waals surface area contributed by atoms with E-state index < -0.39 is 0 Å². The average molecular weight is 361 g/mol. The van der Waals surface area contributed by atoms with Crippen molar-refractivity contribution >= 4 is 17.2 Å². The third kappa shape index (κ3) is 4.81. The predicted octanol–water partition coefficient (Wildman–Crippen LogP) is 1.53. The molecule has 25 heavy (non-hydrogen) atoms. The highest BCUT2D eigenvalue weighted by atomic mass is 32.1. The standard InChI is InChI=1S/C19H24N2O3S/c1-2-24-16-7-5-15(6-8-16)19(22)20-14-17(18-4-3-13-25-18)21-9-11-23-12-10-21/h3-8,13,17H,2,9-12,14H2,1H3,(H,20,22)/p+1/t17-/m1/s1. The highest BCUT2D eigenvalue weighted by Gasteiger charge is 2.27. The van der Waals surface area contributed by atoms with Gasteiger partial charge in [0.25, 0.3) is 5.91 Å². The molecule has 1 saturated heterocycles. The fourth-order valence-corrected chi connectivity index (χ4v) is 3.97. The second-order valence-electron chi connectivity index (χ2n) is 6.01. The van der Waals surface area contributed by atoms with Crippen molar-refractivity contribution in [3.05, 3.63) is 52.2 Å². The average Bonchev–Trinajstić information content (AvgIpc) is 3.18. The molecule has 2 aromatic rings.